The predicted molar refractivity (Wildman–Crippen MR) is 89.7 cm³/mol. The Kier molecular flexibility index (Phi) is 3.69. The number of aryl methyl sites for hydroxylation is 1. The van der Waals surface area contributed by atoms with E-state index in [1.807, 2.05) is 37.3 Å². The summed E-state index contributed by atoms with van der Waals surface area (Å²) < 4.78 is 0. The fraction of sp³-hybridized carbons (Fsp3) is 0.0588. The van der Waals surface area contributed by atoms with E-state index in [1.54, 1.807) is 18.3 Å². The third-order valence-corrected chi connectivity index (χ3v) is 3.96. The van der Waals surface area contributed by atoms with E-state index in [-0.39, 0.29) is 0 Å². The molecule has 0 saturated carbocycles. The lowest BCUT2D eigenvalue weighted by atomic mass is 10.1. The number of halogens is 1. The number of primary amides is 1. The van der Waals surface area contributed by atoms with Crippen molar-refractivity contribution in [3.05, 3.63) is 64.8 Å². The summed E-state index contributed by atoms with van der Waals surface area (Å²) in [7, 11) is 0. The van der Waals surface area contributed by atoms with Gasteiger partial charge in [-0.1, -0.05) is 11.6 Å². The number of hydrogen-bond donors (Lipinski definition) is 2. The Morgan fingerprint density at radius 1 is 1.14 bits per heavy atom. The second-order valence-electron chi connectivity index (χ2n) is 4.99. The van der Waals surface area contributed by atoms with E-state index < -0.39 is 5.91 Å². The third-order valence-electron chi connectivity index (χ3n) is 3.55. The molecule has 1 amide bonds. The molecule has 0 spiro atoms. The van der Waals surface area contributed by atoms with E-state index in [1.165, 1.54) is 0 Å². The lowest BCUT2D eigenvalue weighted by Gasteiger charge is -2.11. The summed E-state index contributed by atoms with van der Waals surface area (Å²) >= 11 is 6.14. The topological polar surface area (TPSA) is 68.0 Å². The van der Waals surface area contributed by atoms with Crippen molar-refractivity contribution in [2.45, 2.75) is 6.92 Å². The standard InChI is InChI=1S/C17H14ClN3O/c1-10-14(18)7-6-13-15(8-9-20-16(10)13)21-12-4-2-11(3-5-12)17(19)22/h2-9H,1H3,(H2,19,22)(H,20,21). The molecule has 0 radical (unpaired) electrons. The number of nitrogens with two attached hydrogens (primary N) is 1. The van der Waals surface area contributed by atoms with Crippen LogP contribution >= 0.6 is 11.6 Å². The van der Waals surface area contributed by atoms with Gasteiger partial charge in [-0.3, -0.25) is 9.78 Å². The molecule has 0 atom stereocenters. The average molecular weight is 312 g/mol. The molecule has 1 heterocycles. The van der Waals surface area contributed by atoms with Crippen LogP contribution in [0.1, 0.15) is 15.9 Å². The Labute approximate surface area is 132 Å². The first kappa shape index (κ1) is 14.4. The van der Waals surface area contributed by atoms with Gasteiger partial charge in [0.2, 0.25) is 5.91 Å². The Bertz CT molecular complexity index is 860. The van der Waals surface area contributed by atoms with Crippen molar-refractivity contribution in [2.75, 3.05) is 5.32 Å². The molecule has 0 aliphatic carbocycles. The molecule has 0 fully saturated rings. The minimum Gasteiger partial charge on any atom is -0.366 e. The molecule has 22 heavy (non-hydrogen) atoms. The third kappa shape index (κ3) is 2.61. The number of nitrogens with one attached hydrogen (secondary N) is 1. The number of fused-ring (bicyclic) bond motifs is 1. The van der Waals surface area contributed by atoms with Gasteiger partial charge >= 0.3 is 0 Å². The van der Waals surface area contributed by atoms with Gasteiger partial charge in [0.25, 0.3) is 0 Å². The first-order valence-corrected chi connectivity index (χ1v) is 7.15. The molecule has 3 N–H and O–H groups in total. The lowest BCUT2D eigenvalue weighted by molar-refractivity contribution is 0.100. The van der Waals surface area contributed by atoms with Crippen LogP contribution in [0.3, 0.4) is 0 Å². The van der Waals surface area contributed by atoms with Crippen molar-refractivity contribution in [1.82, 2.24) is 4.98 Å². The maximum atomic E-state index is 11.1. The summed E-state index contributed by atoms with van der Waals surface area (Å²) in [6.45, 7) is 1.95. The van der Waals surface area contributed by atoms with E-state index >= 15 is 0 Å². The molecule has 0 saturated heterocycles. The van der Waals surface area contributed by atoms with Gasteiger partial charge in [-0.2, -0.15) is 0 Å². The zero-order valence-electron chi connectivity index (χ0n) is 11.9. The fourth-order valence-corrected chi connectivity index (χ4v) is 2.47. The normalized spacial score (nSPS) is 10.6. The zero-order valence-corrected chi connectivity index (χ0v) is 12.7. The molecule has 110 valence electrons. The van der Waals surface area contributed by atoms with Crippen LogP contribution in [0.2, 0.25) is 5.02 Å². The summed E-state index contributed by atoms with van der Waals surface area (Å²) in [6, 6.07) is 12.7. The first-order valence-electron chi connectivity index (χ1n) is 6.77. The zero-order chi connectivity index (χ0) is 15.7. The predicted octanol–water partition coefficient (Wildman–Crippen LogP) is 4.04. The highest BCUT2D eigenvalue weighted by molar-refractivity contribution is 6.32. The molecule has 3 aromatic rings. The van der Waals surface area contributed by atoms with Crippen molar-refractivity contribution in [3.8, 4) is 0 Å². The Hall–Kier alpha value is -2.59. The van der Waals surface area contributed by atoms with E-state index in [4.69, 9.17) is 17.3 Å². The molecule has 5 heteroatoms. The highest BCUT2D eigenvalue weighted by atomic mass is 35.5. The van der Waals surface area contributed by atoms with E-state index in [0.29, 0.717) is 10.6 Å². The SMILES string of the molecule is Cc1c(Cl)ccc2c(Nc3ccc(C(N)=O)cc3)ccnc12. The maximum absolute atomic E-state index is 11.1. The lowest BCUT2D eigenvalue weighted by Crippen LogP contribution is -2.10. The maximum Gasteiger partial charge on any atom is 0.248 e. The van der Waals surface area contributed by atoms with Crippen LogP contribution in [0.15, 0.2) is 48.7 Å². The molecule has 0 aliphatic heterocycles. The number of pyridine rings is 1. The summed E-state index contributed by atoms with van der Waals surface area (Å²) in [5, 5.41) is 5.01. The number of benzene rings is 2. The van der Waals surface area contributed by atoms with Crippen molar-refractivity contribution in [3.63, 3.8) is 0 Å². The second kappa shape index (κ2) is 5.66. The number of nitrogens with zero attached hydrogens (tertiary/aromatic N) is 1. The largest absolute Gasteiger partial charge is 0.366 e. The van der Waals surface area contributed by atoms with Crippen LogP contribution < -0.4 is 11.1 Å². The Balaban J connectivity index is 2.00. The van der Waals surface area contributed by atoms with Crippen molar-refractivity contribution < 1.29 is 4.79 Å². The number of carbonyl (C=O) groups is 1. The fourth-order valence-electron chi connectivity index (χ4n) is 2.32. The van der Waals surface area contributed by atoms with Crippen LogP contribution in [0.4, 0.5) is 11.4 Å². The van der Waals surface area contributed by atoms with Crippen LogP contribution in [-0.4, -0.2) is 10.9 Å². The van der Waals surface area contributed by atoms with Crippen molar-refractivity contribution >= 4 is 39.8 Å². The average Bonchev–Trinajstić information content (AvgIpc) is 2.52. The van der Waals surface area contributed by atoms with Gasteiger partial charge in [-0.25, -0.2) is 0 Å². The Morgan fingerprint density at radius 3 is 2.55 bits per heavy atom. The molecular formula is C17H14ClN3O. The van der Waals surface area contributed by atoms with Crippen molar-refractivity contribution in [1.29, 1.82) is 0 Å². The van der Waals surface area contributed by atoms with Gasteiger partial charge in [-0.15, -0.1) is 0 Å². The molecule has 4 nitrogen and oxygen atoms in total. The van der Waals surface area contributed by atoms with Gasteiger partial charge in [0.1, 0.15) is 0 Å². The summed E-state index contributed by atoms with van der Waals surface area (Å²) in [5.74, 6) is -0.439. The van der Waals surface area contributed by atoms with Gasteiger partial charge < -0.3 is 11.1 Å². The minimum atomic E-state index is -0.439. The second-order valence-corrected chi connectivity index (χ2v) is 5.40. The molecule has 1 aromatic heterocycles. The van der Waals surface area contributed by atoms with E-state index in [0.717, 1.165) is 27.8 Å². The number of aromatic nitrogens is 1. The molecule has 0 bridgehead atoms. The molecule has 2 aromatic carbocycles. The van der Waals surface area contributed by atoms with E-state index in [9.17, 15) is 4.79 Å². The first-order chi connectivity index (χ1) is 10.6. The number of amides is 1. The van der Waals surface area contributed by atoms with Crippen LogP contribution in [0.25, 0.3) is 10.9 Å². The van der Waals surface area contributed by atoms with Gasteiger partial charge in [0, 0.05) is 33.5 Å². The van der Waals surface area contributed by atoms with E-state index in [2.05, 4.69) is 10.3 Å². The quantitative estimate of drug-likeness (QED) is 0.767. The molecule has 0 unspecified atom stereocenters. The summed E-state index contributed by atoms with van der Waals surface area (Å²) in [6.07, 6.45) is 1.74. The van der Waals surface area contributed by atoms with Crippen LogP contribution in [0, 0.1) is 6.92 Å². The molecule has 0 aliphatic rings. The monoisotopic (exact) mass is 311 g/mol. The van der Waals surface area contributed by atoms with Crippen LogP contribution in [-0.2, 0) is 0 Å². The smallest absolute Gasteiger partial charge is 0.248 e. The molecule has 3 rings (SSSR count). The highest BCUT2D eigenvalue weighted by Gasteiger charge is 2.07. The minimum absolute atomic E-state index is 0.439. The number of rotatable bonds is 3. The van der Waals surface area contributed by atoms with Crippen LogP contribution in [0.5, 0.6) is 0 Å². The summed E-state index contributed by atoms with van der Waals surface area (Å²) in [4.78, 5) is 15.5. The molecular weight excluding hydrogens is 298 g/mol. The highest BCUT2D eigenvalue weighted by Crippen LogP contribution is 2.30. The van der Waals surface area contributed by atoms with Gasteiger partial charge in [0.05, 0.1) is 5.52 Å². The number of anilines is 2. The number of hydrogen-bond acceptors (Lipinski definition) is 3. The van der Waals surface area contributed by atoms with Crippen molar-refractivity contribution in [2.24, 2.45) is 5.73 Å². The number of carbonyl (C=O) groups excluding carboxylic acids is 1. The van der Waals surface area contributed by atoms with Gasteiger partial charge in [-0.05, 0) is 55.0 Å². The Morgan fingerprint density at radius 2 is 1.86 bits per heavy atom. The van der Waals surface area contributed by atoms with Gasteiger partial charge in [0.15, 0.2) is 0 Å². The summed E-state index contributed by atoms with van der Waals surface area (Å²) in [5.41, 5.74) is 9.33.